The lowest BCUT2D eigenvalue weighted by molar-refractivity contribution is 0.0930. The zero-order valence-corrected chi connectivity index (χ0v) is 18.6. The SMILES string of the molecule is Cc1ccc(N2CCN(SN)CC2)cc1C(=O)NC1(c2cccc3ccccc23)CC1. The number of hydrogen-bond donors (Lipinski definition) is 2. The lowest BCUT2D eigenvalue weighted by atomic mass is 9.96. The van der Waals surface area contributed by atoms with E-state index in [2.05, 4.69) is 75.2 Å². The third-order valence-electron chi connectivity index (χ3n) is 6.63. The predicted molar refractivity (Wildman–Crippen MR) is 129 cm³/mol. The minimum Gasteiger partial charge on any atom is -0.369 e. The molecule has 1 aliphatic heterocycles. The average Bonchev–Trinajstić information content (AvgIpc) is 3.59. The Morgan fingerprint density at radius 2 is 1.74 bits per heavy atom. The quantitative estimate of drug-likeness (QED) is 0.592. The summed E-state index contributed by atoms with van der Waals surface area (Å²) in [5.41, 5.74) is 3.84. The number of rotatable bonds is 5. The molecule has 0 atom stereocenters. The summed E-state index contributed by atoms with van der Waals surface area (Å²) >= 11 is 1.31. The Hall–Kier alpha value is -2.54. The van der Waals surface area contributed by atoms with Crippen LogP contribution in [0.15, 0.2) is 60.7 Å². The van der Waals surface area contributed by atoms with Crippen LogP contribution in [0.5, 0.6) is 0 Å². The molecule has 3 N–H and O–H groups in total. The molecule has 0 aromatic heterocycles. The van der Waals surface area contributed by atoms with E-state index >= 15 is 0 Å². The van der Waals surface area contributed by atoms with Crippen LogP contribution >= 0.6 is 12.1 Å². The first-order valence-electron chi connectivity index (χ1n) is 10.9. The van der Waals surface area contributed by atoms with Crippen LogP contribution in [0.2, 0.25) is 0 Å². The minimum absolute atomic E-state index is 0.0148. The van der Waals surface area contributed by atoms with Gasteiger partial charge >= 0.3 is 0 Å². The topological polar surface area (TPSA) is 61.6 Å². The molecule has 1 saturated heterocycles. The van der Waals surface area contributed by atoms with Crippen molar-refractivity contribution < 1.29 is 4.79 Å². The number of carbonyl (C=O) groups excluding carboxylic acids is 1. The van der Waals surface area contributed by atoms with E-state index in [1.807, 2.05) is 6.92 Å². The molecule has 0 bridgehead atoms. The third-order valence-corrected chi connectivity index (χ3v) is 7.29. The summed E-state index contributed by atoms with van der Waals surface area (Å²) in [4.78, 5) is 15.7. The van der Waals surface area contributed by atoms with Crippen LogP contribution in [0, 0.1) is 6.92 Å². The normalized spacial score (nSPS) is 18.2. The standard InChI is InChI=1S/C25H28N4OS/c1-18-9-10-20(28-13-15-29(31-26)16-14-28)17-22(18)24(30)27-25(11-12-25)23-8-4-6-19-5-2-3-7-21(19)23/h2-10,17H,11-16,26H2,1H3,(H,27,30). The molecule has 1 aliphatic carbocycles. The van der Waals surface area contributed by atoms with E-state index in [4.69, 9.17) is 5.14 Å². The monoisotopic (exact) mass is 432 g/mol. The Morgan fingerprint density at radius 3 is 2.48 bits per heavy atom. The first-order chi connectivity index (χ1) is 15.1. The van der Waals surface area contributed by atoms with Gasteiger partial charge in [0, 0.05) is 49.6 Å². The van der Waals surface area contributed by atoms with Crippen LogP contribution in [0.4, 0.5) is 5.69 Å². The second-order valence-corrected chi connectivity index (χ2v) is 9.31. The van der Waals surface area contributed by atoms with E-state index in [9.17, 15) is 4.79 Å². The lowest BCUT2D eigenvalue weighted by Gasteiger charge is -2.34. The van der Waals surface area contributed by atoms with Crippen molar-refractivity contribution >= 4 is 34.5 Å². The van der Waals surface area contributed by atoms with Crippen LogP contribution in [-0.2, 0) is 5.54 Å². The van der Waals surface area contributed by atoms with Gasteiger partial charge in [-0.3, -0.25) is 9.93 Å². The summed E-state index contributed by atoms with van der Waals surface area (Å²) in [5, 5.41) is 11.5. The number of nitrogens with zero attached hydrogens (tertiary/aromatic N) is 2. The van der Waals surface area contributed by atoms with Gasteiger partial charge < -0.3 is 10.2 Å². The van der Waals surface area contributed by atoms with Crippen molar-refractivity contribution in [2.24, 2.45) is 5.14 Å². The number of fused-ring (bicyclic) bond motifs is 1. The van der Waals surface area contributed by atoms with Gasteiger partial charge in [0.1, 0.15) is 0 Å². The summed E-state index contributed by atoms with van der Waals surface area (Å²) in [6.45, 7) is 5.67. The molecule has 6 heteroatoms. The van der Waals surface area contributed by atoms with Gasteiger partial charge in [-0.2, -0.15) is 0 Å². The smallest absolute Gasteiger partial charge is 0.252 e. The van der Waals surface area contributed by atoms with Gasteiger partial charge in [-0.15, -0.1) is 0 Å². The lowest BCUT2D eigenvalue weighted by Crippen LogP contribution is -2.44. The maximum atomic E-state index is 13.4. The highest BCUT2D eigenvalue weighted by Gasteiger charge is 2.46. The summed E-state index contributed by atoms with van der Waals surface area (Å²) in [6.07, 6.45) is 1.95. The minimum atomic E-state index is -0.260. The van der Waals surface area contributed by atoms with Gasteiger partial charge in [0.15, 0.2) is 0 Å². The van der Waals surface area contributed by atoms with E-state index in [0.717, 1.165) is 55.8 Å². The van der Waals surface area contributed by atoms with Crippen LogP contribution in [0.25, 0.3) is 10.8 Å². The summed E-state index contributed by atoms with van der Waals surface area (Å²) in [5.74, 6) is 0.0148. The Bertz CT molecular complexity index is 1110. The maximum Gasteiger partial charge on any atom is 0.252 e. The number of hydrogen-bond acceptors (Lipinski definition) is 5. The molecule has 0 spiro atoms. The van der Waals surface area contributed by atoms with Gasteiger partial charge in [-0.1, -0.05) is 48.5 Å². The van der Waals surface area contributed by atoms with Crippen molar-refractivity contribution in [2.75, 3.05) is 31.1 Å². The highest BCUT2D eigenvalue weighted by atomic mass is 32.2. The van der Waals surface area contributed by atoms with Crippen LogP contribution in [0.1, 0.15) is 34.3 Å². The molecule has 1 saturated carbocycles. The van der Waals surface area contributed by atoms with Crippen LogP contribution in [-0.4, -0.2) is 36.4 Å². The van der Waals surface area contributed by atoms with E-state index in [0.29, 0.717) is 0 Å². The van der Waals surface area contributed by atoms with Crippen LogP contribution in [0.3, 0.4) is 0 Å². The second kappa shape index (κ2) is 8.19. The Morgan fingerprint density at radius 1 is 1.00 bits per heavy atom. The molecule has 31 heavy (non-hydrogen) atoms. The zero-order valence-electron chi connectivity index (χ0n) is 17.8. The number of nitrogens with two attached hydrogens (primary N) is 1. The maximum absolute atomic E-state index is 13.4. The zero-order chi connectivity index (χ0) is 21.4. The van der Waals surface area contributed by atoms with Gasteiger partial charge in [0.25, 0.3) is 5.91 Å². The molecule has 160 valence electrons. The van der Waals surface area contributed by atoms with Gasteiger partial charge in [-0.05, 0) is 53.8 Å². The van der Waals surface area contributed by atoms with Crippen molar-refractivity contribution in [2.45, 2.75) is 25.3 Å². The molecule has 2 aliphatic rings. The summed E-state index contributed by atoms with van der Waals surface area (Å²) in [6, 6.07) is 21.0. The molecule has 3 aromatic carbocycles. The van der Waals surface area contributed by atoms with Crippen molar-refractivity contribution in [3.8, 4) is 0 Å². The number of nitrogens with one attached hydrogen (secondary N) is 1. The fraction of sp³-hybridized carbons (Fsp3) is 0.320. The second-order valence-electron chi connectivity index (χ2n) is 8.58. The van der Waals surface area contributed by atoms with Crippen LogP contribution < -0.4 is 15.4 Å². The van der Waals surface area contributed by atoms with E-state index in [1.165, 1.54) is 28.5 Å². The fourth-order valence-corrected chi connectivity index (χ4v) is 4.99. The molecule has 2 fully saturated rings. The number of amides is 1. The van der Waals surface area contributed by atoms with Crippen molar-refractivity contribution in [3.05, 3.63) is 77.4 Å². The molecule has 1 amide bonds. The fourth-order valence-electron chi connectivity index (χ4n) is 4.62. The van der Waals surface area contributed by atoms with E-state index < -0.39 is 0 Å². The highest BCUT2D eigenvalue weighted by molar-refractivity contribution is 7.94. The number of benzene rings is 3. The number of piperazine rings is 1. The molecular weight excluding hydrogens is 404 g/mol. The van der Waals surface area contributed by atoms with Crippen molar-refractivity contribution in [1.82, 2.24) is 9.62 Å². The number of aryl methyl sites for hydroxylation is 1. The predicted octanol–water partition coefficient (Wildman–Crippen LogP) is 4.21. The molecule has 3 aromatic rings. The molecule has 0 radical (unpaired) electrons. The number of anilines is 1. The largest absolute Gasteiger partial charge is 0.369 e. The molecule has 5 nitrogen and oxygen atoms in total. The summed E-state index contributed by atoms with van der Waals surface area (Å²) < 4.78 is 2.17. The Balaban J connectivity index is 1.39. The van der Waals surface area contributed by atoms with Gasteiger partial charge in [0.05, 0.1) is 5.54 Å². The van der Waals surface area contributed by atoms with Gasteiger partial charge in [-0.25, -0.2) is 4.31 Å². The summed E-state index contributed by atoms with van der Waals surface area (Å²) in [7, 11) is 0. The average molecular weight is 433 g/mol. The molecule has 1 heterocycles. The highest BCUT2D eigenvalue weighted by Crippen LogP contribution is 2.48. The number of carbonyl (C=O) groups is 1. The Labute approximate surface area is 187 Å². The molecule has 5 rings (SSSR count). The van der Waals surface area contributed by atoms with Crippen molar-refractivity contribution in [3.63, 3.8) is 0 Å². The first-order valence-corrected chi connectivity index (χ1v) is 11.7. The van der Waals surface area contributed by atoms with E-state index in [-0.39, 0.29) is 11.4 Å². The van der Waals surface area contributed by atoms with Crippen molar-refractivity contribution in [1.29, 1.82) is 0 Å². The first kappa shape index (κ1) is 20.4. The molecule has 0 unspecified atom stereocenters. The van der Waals surface area contributed by atoms with E-state index in [1.54, 1.807) is 0 Å². The third kappa shape index (κ3) is 3.91. The van der Waals surface area contributed by atoms with Gasteiger partial charge in [0.2, 0.25) is 0 Å². The Kier molecular flexibility index (Phi) is 5.38. The molecular formula is C25H28N4OS.